The number of aryl methyl sites for hydroxylation is 1. The number of amides is 1. The zero-order valence-electron chi connectivity index (χ0n) is 17.3. The van der Waals surface area contributed by atoms with Crippen LogP contribution >= 0.6 is 0 Å². The van der Waals surface area contributed by atoms with Gasteiger partial charge >= 0.3 is 0 Å². The Bertz CT molecular complexity index is 890. The molecule has 154 valence electrons. The highest BCUT2D eigenvalue weighted by atomic mass is 16.5. The summed E-state index contributed by atoms with van der Waals surface area (Å²) in [6.07, 6.45) is 4.51. The van der Waals surface area contributed by atoms with Crippen molar-refractivity contribution in [1.82, 2.24) is 14.9 Å². The SMILES string of the molecule is CCOCCn1c(CCCCCNC(=O)Cc2ccccc2)nc2ccccc21. The molecule has 0 unspecified atom stereocenters. The van der Waals surface area contributed by atoms with Crippen LogP contribution in [0.4, 0.5) is 0 Å². The third kappa shape index (κ3) is 6.43. The fourth-order valence-electron chi connectivity index (χ4n) is 3.52. The fraction of sp³-hybridized carbons (Fsp3) is 0.417. The molecule has 0 aliphatic heterocycles. The minimum absolute atomic E-state index is 0.0916. The molecule has 0 atom stereocenters. The number of carbonyl (C=O) groups excluding carboxylic acids is 1. The summed E-state index contributed by atoms with van der Waals surface area (Å²) in [4.78, 5) is 16.8. The van der Waals surface area contributed by atoms with Crippen LogP contribution in [0.3, 0.4) is 0 Å². The van der Waals surface area contributed by atoms with Crippen molar-refractivity contribution < 1.29 is 9.53 Å². The van der Waals surface area contributed by atoms with Gasteiger partial charge in [0.2, 0.25) is 5.91 Å². The van der Waals surface area contributed by atoms with E-state index < -0.39 is 0 Å². The Morgan fingerprint density at radius 1 is 1.03 bits per heavy atom. The summed E-state index contributed by atoms with van der Waals surface area (Å²) in [6.45, 7) is 5.02. The summed E-state index contributed by atoms with van der Waals surface area (Å²) in [7, 11) is 0. The molecule has 5 heteroatoms. The van der Waals surface area contributed by atoms with Crippen LogP contribution in [0, 0.1) is 0 Å². The molecule has 0 fully saturated rings. The Balaban J connectivity index is 1.41. The molecule has 1 N–H and O–H groups in total. The molecule has 0 bridgehead atoms. The molecule has 0 saturated heterocycles. The summed E-state index contributed by atoms with van der Waals surface area (Å²) in [6, 6.07) is 18.1. The van der Waals surface area contributed by atoms with Gasteiger partial charge in [0.1, 0.15) is 5.82 Å². The molecule has 5 nitrogen and oxygen atoms in total. The van der Waals surface area contributed by atoms with Crippen LogP contribution in [-0.2, 0) is 28.9 Å². The van der Waals surface area contributed by atoms with E-state index in [0.29, 0.717) is 13.0 Å². The largest absolute Gasteiger partial charge is 0.380 e. The number of nitrogens with one attached hydrogen (secondary N) is 1. The highest BCUT2D eigenvalue weighted by molar-refractivity contribution is 5.78. The molecule has 2 aromatic carbocycles. The zero-order chi connectivity index (χ0) is 20.3. The second-order valence-corrected chi connectivity index (χ2v) is 7.19. The van der Waals surface area contributed by atoms with Gasteiger partial charge in [-0.1, -0.05) is 48.9 Å². The van der Waals surface area contributed by atoms with Crippen molar-refractivity contribution in [2.75, 3.05) is 19.8 Å². The smallest absolute Gasteiger partial charge is 0.224 e. The Morgan fingerprint density at radius 3 is 2.66 bits per heavy atom. The monoisotopic (exact) mass is 393 g/mol. The number of imidazole rings is 1. The van der Waals surface area contributed by atoms with Gasteiger partial charge in [-0.3, -0.25) is 4.79 Å². The summed E-state index contributed by atoms with van der Waals surface area (Å²) in [5.74, 6) is 1.22. The number of hydrogen-bond acceptors (Lipinski definition) is 3. The summed E-state index contributed by atoms with van der Waals surface area (Å²) >= 11 is 0. The molecular formula is C24H31N3O2. The molecule has 3 aromatic rings. The van der Waals surface area contributed by atoms with Crippen molar-refractivity contribution in [2.24, 2.45) is 0 Å². The van der Waals surface area contributed by atoms with Crippen molar-refractivity contribution in [3.05, 3.63) is 66.0 Å². The molecule has 0 saturated carbocycles. The van der Waals surface area contributed by atoms with E-state index in [0.717, 1.165) is 62.3 Å². The van der Waals surface area contributed by atoms with Gasteiger partial charge in [0.25, 0.3) is 0 Å². The summed E-state index contributed by atoms with van der Waals surface area (Å²) in [5.41, 5.74) is 3.28. The van der Waals surface area contributed by atoms with Gasteiger partial charge in [0.15, 0.2) is 0 Å². The lowest BCUT2D eigenvalue weighted by Gasteiger charge is -2.09. The lowest BCUT2D eigenvalue weighted by atomic mass is 10.1. The molecule has 0 radical (unpaired) electrons. The number of fused-ring (bicyclic) bond motifs is 1. The molecule has 3 rings (SSSR count). The van der Waals surface area contributed by atoms with Crippen molar-refractivity contribution in [2.45, 2.75) is 45.6 Å². The highest BCUT2D eigenvalue weighted by Gasteiger charge is 2.10. The fourth-order valence-corrected chi connectivity index (χ4v) is 3.52. The first kappa shape index (κ1) is 21.1. The predicted octanol–water partition coefficient (Wildman–Crippen LogP) is 4.14. The second-order valence-electron chi connectivity index (χ2n) is 7.19. The molecule has 1 aromatic heterocycles. The molecule has 1 heterocycles. The van der Waals surface area contributed by atoms with E-state index >= 15 is 0 Å². The third-order valence-electron chi connectivity index (χ3n) is 5.00. The lowest BCUT2D eigenvalue weighted by molar-refractivity contribution is -0.120. The van der Waals surface area contributed by atoms with Crippen LogP contribution in [0.15, 0.2) is 54.6 Å². The van der Waals surface area contributed by atoms with Gasteiger partial charge in [-0.05, 0) is 37.5 Å². The molecule has 29 heavy (non-hydrogen) atoms. The summed E-state index contributed by atoms with van der Waals surface area (Å²) < 4.78 is 7.83. The molecule has 0 aliphatic rings. The standard InChI is InChI=1S/C24H31N3O2/c1-2-29-18-17-27-22-14-9-8-13-21(22)26-23(27)15-7-4-10-16-25-24(28)19-20-11-5-3-6-12-20/h3,5-6,8-9,11-14H,2,4,7,10,15-19H2,1H3,(H,25,28). The minimum Gasteiger partial charge on any atom is -0.380 e. The second kappa shape index (κ2) is 11.4. The molecular weight excluding hydrogens is 362 g/mol. The first-order valence-corrected chi connectivity index (χ1v) is 10.6. The Kier molecular flexibility index (Phi) is 8.25. The van der Waals surface area contributed by atoms with E-state index in [4.69, 9.17) is 9.72 Å². The van der Waals surface area contributed by atoms with Crippen LogP contribution in [0.25, 0.3) is 11.0 Å². The number of rotatable bonds is 12. The third-order valence-corrected chi connectivity index (χ3v) is 5.00. The van der Waals surface area contributed by atoms with E-state index in [2.05, 4.69) is 28.1 Å². The maximum Gasteiger partial charge on any atom is 0.224 e. The lowest BCUT2D eigenvalue weighted by Crippen LogP contribution is -2.26. The van der Waals surface area contributed by atoms with E-state index in [1.54, 1.807) is 0 Å². The average Bonchev–Trinajstić information content (AvgIpc) is 3.09. The van der Waals surface area contributed by atoms with Crippen molar-refractivity contribution in [3.63, 3.8) is 0 Å². The van der Waals surface area contributed by atoms with E-state index in [1.165, 1.54) is 5.52 Å². The van der Waals surface area contributed by atoms with Gasteiger partial charge < -0.3 is 14.6 Å². The number of unbranched alkanes of at least 4 members (excludes halogenated alkanes) is 2. The maximum atomic E-state index is 12.0. The Labute approximate surface area is 173 Å². The van der Waals surface area contributed by atoms with E-state index in [9.17, 15) is 4.79 Å². The first-order valence-electron chi connectivity index (χ1n) is 10.6. The highest BCUT2D eigenvalue weighted by Crippen LogP contribution is 2.17. The zero-order valence-corrected chi connectivity index (χ0v) is 17.3. The first-order chi connectivity index (χ1) is 14.3. The van der Waals surface area contributed by atoms with Crippen LogP contribution in [0.1, 0.15) is 37.6 Å². The quantitative estimate of drug-likeness (QED) is 0.471. The minimum atomic E-state index is 0.0916. The van der Waals surface area contributed by atoms with Crippen LogP contribution in [-0.4, -0.2) is 35.2 Å². The number of aromatic nitrogens is 2. The van der Waals surface area contributed by atoms with Gasteiger partial charge in [-0.25, -0.2) is 4.98 Å². The normalized spacial score (nSPS) is 11.1. The van der Waals surface area contributed by atoms with E-state index in [1.807, 2.05) is 43.3 Å². The number of para-hydroxylation sites is 2. The van der Waals surface area contributed by atoms with Crippen LogP contribution in [0.5, 0.6) is 0 Å². The van der Waals surface area contributed by atoms with Gasteiger partial charge in [-0.15, -0.1) is 0 Å². The van der Waals surface area contributed by atoms with Gasteiger partial charge in [-0.2, -0.15) is 0 Å². The van der Waals surface area contributed by atoms with Crippen LogP contribution in [0.2, 0.25) is 0 Å². The number of benzene rings is 2. The number of carbonyl (C=O) groups is 1. The molecule has 0 spiro atoms. The number of nitrogens with zero attached hydrogens (tertiary/aromatic N) is 2. The number of ether oxygens (including phenoxy) is 1. The van der Waals surface area contributed by atoms with Crippen LogP contribution < -0.4 is 5.32 Å². The summed E-state index contributed by atoms with van der Waals surface area (Å²) in [5, 5.41) is 3.02. The van der Waals surface area contributed by atoms with Crippen molar-refractivity contribution >= 4 is 16.9 Å². The Morgan fingerprint density at radius 2 is 1.83 bits per heavy atom. The maximum absolute atomic E-state index is 12.0. The van der Waals surface area contributed by atoms with Crippen molar-refractivity contribution in [1.29, 1.82) is 0 Å². The average molecular weight is 394 g/mol. The predicted molar refractivity (Wildman–Crippen MR) is 117 cm³/mol. The Hall–Kier alpha value is -2.66. The van der Waals surface area contributed by atoms with Crippen molar-refractivity contribution in [3.8, 4) is 0 Å². The number of hydrogen-bond donors (Lipinski definition) is 1. The van der Waals surface area contributed by atoms with E-state index in [-0.39, 0.29) is 5.91 Å². The topological polar surface area (TPSA) is 56.1 Å². The van der Waals surface area contributed by atoms with Gasteiger partial charge in [0.05, 0.1) is 24.1 Å². The molecule has 0 aliphatic carbocycles. The molecule has 1 amide bonds. The van der Waals surface area contributed by atoms with Gasteiger partial charge in [0, 0.05) is 26.1 Å².